The Kier molecular flexibility index (Phi) is 5.06. The molecule has 1 fully saturated rings. The van der Waals surface area contributed by atoms with Crippen molar-refractivity contribution in [2.75, 3.05) is 0 Å². The maximum atomic E-state index is 12.3. The molecule has 1 unspecified atom stereocenters. The number of rotatable bonds is 4. The zero-order chi connectivity index (χ0) is 17.2. The summed E-state index contributed by atoms with van der Waals surface area (Å²) in [6, 6.07) is -0.249. The number of carboxylic acids is 1. The Bertz CT molecular complexity index is 750. The first-order valence-electron chi connectivity index (χ1n) is 7.95. The van der Waals surface area contributed by atoms with E-state index in [0.29, 0.717) is 0 Å². The summed E-state index contributed by atoms with van der Waals surface area (Å²) in [5.41, 5.74) is 0.0964. The number of aliphatic carboxylic acids is 1. The smallest absolute Gasteiger partial charge is 1.00 e. The van der Waals surface area contributed by atoms with E-state index in [4.69, 9.17) is 0 Å². The number of aromatic nitrogens is 3. The number of aliphatic hydroxyl groups excluding tert-OH is 1. The minimum atomic E-state index is -1.07. The molecule has 0 spiro atoms. The van der Waals surface area contributed by atoms with Crippen LogP contribution in [0.1, 0.15) is 15.3 Å². The third kappa shape index (κ3) is 2.76. The van der Waals surface area contributed by atoms with E-state index in [1.165, 1.54) is 16.7 Å². The van der Waals surface area contributed by atoms with Crippen LogP contribution >= 0.6 is 11.8 Å². The number of nitrogens with zero attached hydrogens (tertiary/aromatic N) is 4. The number of aliphatic hydroxyl groups is 1. The summed E-state index contributed by atoms with van der Waals surface area (Å²) in [5, 5.41) is 19.7. The molecular formula is C15H20N4NaO4S+. The molecule has 130 valence electrons. The van der Waals surface area contributed by atoms with Crippen LogP contribution in [0.3, 0.4) is 0 Å². The summed E-state index contributed by atoms with van der Waals surface area (Å²) < 4.78 is 3.99. The maximum absolute atomic E-state index is 12.3. The van der Waals surface area contributed by atoms with E-state index < -0.39 is 18.0 Å². The second-order valence-electron chi connectivity index (χ2n) is 6.64. The second kappa shape index (κ2) is 6.70. The van der Waals surface area contributed by atoms with E-state index in [-0.39, 0.29) is 59.8 Å². The molecule has 10 heteroatoms. The molecule has 0 bridgehead atoms. The Hall–Kier alpha value is -0.870. The SMILES string of the molecule is CC(O)[C@H]1C(=O)N2C(C(=O)O)=C(SC3Cn4cnc[n+]4C3)[C@H](C)[C@H]12.[H-].[Na+]. The Morgan fingerprint density at radius 3 is 2.88 bits per heavy atom. The molecule has 4 heterocycles. The largest absolute Gasteiger partial charge is 1.00 e. The van der Waals surface area contributed by atoms with Crippen LogP contribution < -0.4 is 34.2 Å². The maximum Gasteiger partial charge on any atom is 1.00 e. The van der Waals surface area contributed by atoms with Gasteiger partial charge in [-0.05, 0) is 11.9 Å². The van der Waals surface area contributed by atoms with Crippen molar-refractivity contribution in [1.82, 2.24) is 14.6 Å². The average molecular weight is 375 g/mol. The predicted octanol–water partition coefficient (Wildman–Crippen LogP) is -3.44. The predicted molar refractivity (Wildman–Crippen MR) is 84.5 cm³/mol. The van der Waals surface area contributed by atoms with Gasteiger partial charge in [0.05, 0.1) is 29.9 Å². The number of fused-ring (bicyclic) bond motifs is 2. The van der Waals surface area contributed by atoms with Gasteiger partial charge in [-0.1, -0.05) is 6.92 Å². The van der Waals surface area contributed by atoms with Crippen molar-refractivity contribution in [2.24, 2.45) is 11.8 Å². The number of carbonyl (C=O) groups is 2. The van der Waals surface area contributed by atoms with E-state index in [0.717, 1.165) is 18.0 Å². The Morgan fingerprint density at radius 2 is 2.28 bits per heavy atom. The quantitative estimate of drug-likeness (QED) is 0.323. The number of carbonyl (C=O) groups excluding carboxylic acids is 1. The molecule has 2 N–H and O–H groups in total. The van der Waals surface area contributed by atoms with Gasteiger partial charge in [-0.25, -0.2) is 4.79 Å². The van der Waals surface area contributed by atoms with Gasteiger partial charge in [-0.3, -0.25) is 4.79 Å². The number of thioether (sulfide) groups is 1. The van der Waals surface area contributed by atoms with Crippen LogP contribution in [-0.2, 0) is 22.7 Å². The minimum absolute atomic E-state index is 0. The van der Waals surface area contributed by atoms with Crippen molar-refractivity contribution in [3.8, 4) is 0 Å². The summed E-state index contributed by atoms with van der Waals surface area (Å²) in [5.74, 6) is -1.95. The van der Waals surface area contributed by atoms with Crippen LogP contribution in [0.25, 0.3) is 0 Å². The second-order valence-corrected chi connectivity index (χ2v) is 7.98. The van der Waals surface area contributed by atoms with Gasteiger partial charge in [0.2, 0.25) is 12.2 Å². The first-order valence-corrected chi connectivity index (χ1v) is 8.83. The fourth-order valence-electron chi connectivity index (χ4n) is 4.03. The molecule has 1 aromatic rings. The first kappa shape index (κ1) is 18.9. The van der Waals surface area contributed by atoms with Crippen LogP contribution in [0.4, 0.5) is 0 Å². The molecule has 0 aliphatic carbocycles. The van der Waals surface area contributed by atoms with Crippen molar-refractivity contribution in [3.63, 3.8) is 0 Å². The summed E-state index contributed by atoms with van der Waals surface area (Å²) in [6.07, 6.45) is 2.74. The van der Waals surface area contributed by atoms with Gasteiger partial charge in [0, 0.05) is 10.8 Å². The van der Waals surface area contributed by atoms with Gasteiger partial charge in [-0.15, -0.1) is 11.8 Å². The summed E-state index contributed by atoms with van der Waals surface area (Å²) in [4.78, 5) is 30.3. The zero-order valence-corrected chi connectivity index (χ0v) is 17.2. The topological polar surface area (TPSA) is 99.5 Å². The Balaban J connectivity index is 0.00000121. The summed E-state index contributed by atoms with van der Waals surface area (Å²) in [7, 11) is 0. The van der Waals surface area contributed by atoms with Crippen LogP contribution in [0.15, 0.2) is 23.3 Å². The molecule has 25 heavy (non-hydrogen) atoms. The van der Waals surface area contributed by atoms with Crippen LogP contribution in [0, 0.1) is 11.8 Å². The number of hydrogen-bond acceptors (Lipinski definition) is 5. The Morgan fingerprint density at radius 1 is 1.56 bits per heavy atom. The molecule has 1 aromatic heterocycles. The molecule has 0 saturated carbocycles. The molecule has 0 aromatic carbocycles. The van der Waals surface area contributed by atoms with E-state index in [1.54, 1.807) is 19.6 Å². The van der Waals surface area contributed by atoms with E-state index in [9.17, 15) is 19.8 Å². The van der Waals surface area contributed by atoms with Crippen molar-refractivity contribution < 1.29 is 55.5 Å². The minimum Gasteiger partial charge on any atom is -1.00 e. The third-order valence-electron chi connectivity index (χ3n) is 5.12. The van der Waals surface area contributed by atoms with Crippen molar-refractivity contribution in [2.45, 2.75) is 44.3 Å². The van der Waals surface area contributed by atoms with Gasteiger partial charge < -0.3 is 16.5 Å². The van der Waals surface area contributed by atoms with Crippen LogP contribution in [0.5, 0.6) is 0 Å². The van der Waals surface area contributed by atoms with Gasteiger partial charge >= 0.3 is 41.9 Å². The van der Waals surface area contributed by atoms with Gasteiger partial charge in [-0.2, -0.15) is 9.36 Å². The Labute approximate surface area is 172 Å². The van der Waals surface area contributed by atoms with E-state index in [2.05, 4.69) is 4.98 Å². The van der Waals surface area contributed by atoms with Crippen LogP contribution in [0.2, 0.25) is 0 Å². The fraction of sp³-hybridized carbons (Fsp3) is 0.600. The van der Waals surface area contributed by atoms with E-state index in [1.807, 2.05) is 16.3 Å². The molecule has 3 aliphatic rings. The molecule has 0 radical (unpaired) electrons. The molecule has 3 aliphatic heterocycles. The van der Waals surface area contributed by atoms with Gasteiger partial charge in [0.1, 0.15) is 12.2 Å². The molecule has 1 amide bonds. The standard InChI is InChI=1S/C15H18N4O4S.Na.H/c1-7-11-10(8(2)20)14(21)19(11)12(15(22)23)13(7)24-9-3-17-5-16-6-18(17)4-9;;/h5-11,20H,3-4H2,1-2H3;;/q;+1;-1/p+1/t7-,8?,10-,11-;;/m1../s1. The normalized spacial score (nSPS) is 31.3. The van der Waals surface area contributed by atoms with Crippen molar-refractivity contribution in [1.29, 1.82) is 0 Å². The molecule has 1 saturated heterocycles. The molecule has 4 atom stereocenters. The van der Waals surface area contributed by atoms with E-state index >= 15 is 0 Å². The summed E-state index contributed by atoms with van der Waals surface area (Å²) in [6.45, 7) is 5.05. The van der Waals surface area contributed by atoms with Crippen molar-refractivity contribution >= 4 is 23.6 Å². The first-order chi connectivity index (χ1) is 11.4. The monoisotopic (exact) mass is 375 g/mol. The number of carboxylic acid groups (broad SMARTS) is 1. The average Bonchev–Trinajstić information content (AvgIpc) is 3.12. The van der Waals surface area contributed by atoms with Crippen molar-refractivity contribution in [3.05, 3.63) is 23.3 Å². The third-order valence-corrected chi connectivity index (χ3v) is 6.57. The molecule has 4 rings (SSSR count). The number of hydrogen-bond donors (Lipinski definition) is 2. The van der Waals surface area contributed by atoms with Gasteiger partial charge in [0.15, 0.2) is 0 Å². The molecule has 8 nitrogen and oxygen atoms in total. The zero-order valence-electron chi connectivity index (χ0n) is 15.4. The van der Waals surface area contributed by atoms with Gasteiger partial charge in [0.25, 0.3) is 0 Å². The fourth-order valence-corrected chi connectivity index (χ4v) is 5.49. The summed E-state index contributed by atoms with van der Waals surface area (Å²) >= 11 is 1.54. The molecular weight excluding hydrogens is 355 g/mol. The van der Waals surface area contributed by atoms with Crippen LogP contribution in [-0.4, -0.2) is 54.1 Å². The number of amides is 1. The number of β-lactam (4-membered cyclic amide) rings is 1.